The summed E-state index contributed by atoms with van der Waals surface area (Å²) in [4.78, 5) is 48.9. The number of pyridine rings is 2. The van der Waals surface area contributed by atoms with Crippen molar-refractivity contribution >= 4 is 23.6 Å². The van der Waals surface area contributed by atoms with Gasteiger partial charge in [0.05, 0.1) is 18.5 Å². The lowest BCUT2D eigenvalue weighted by atomic mass is 9.81. The summed E-state index contributed by atoms with van der Waals surface area (Å²) in [6.07, 6.45) is 4.81. The van der Waals surface area contributed by atoms with Crippen LogP contribution < -0.4 is 19.1 Å². The number of hydrogen-bond donors (Lipinski definition) is 0. The summed E-state index contributed by atoms with van der Waals surface area (Å²) in [5.41, 5.74) is 1.10. The molecule has 2 aliphatic heterocycles. The van der Waals surface area contributed by atoms with Crippen molar-refractivity contribution in [3.05, 3.63) is 66.5 Å². The van der Waals surface area contributed by atoms with Crippen molar-refractivity contribution in [1.29, 1.82) is 0 Å². The normalized spacial score (nSPS) is 17.3. The highest BCUT2D eigenvalue weighted by Gasteiger charge is 2.38. The van der Waals surface area contributed by atoms with Crippen LogP contribution >= 0.6 is 0 Å². The molecule has 41 heavy (non-hydrogen) atoms. The topological polar surface area (TPSA) is 111 Å². The highest BCUT2D eigenvalue weighted by atomic mass is 16.6. The number of ether oxygens (including phenoxy) is 3. The molecule has 3 amide bonds. The summed E-state index contributed by atoms with van der Waals surface area (Å²) in [6.45, 7) is 7.43. The lowest BCUT2D eigenvalue weighted by Crippen LogP contribution is -2.46. The zero-order chi connectivity index (χ0) is 29.0. The van der Waals surface area contributed by atoms with E-state index >= 15 is 0 Å². The molecule has 0 bridgehead atoms. The van der Waals surface area contributed by atoms with Crippen LogP contribution in [0.1, 0.15) is 45.1 Å². The van der Waals surface area contributed by atoms with Crippen molar-refractivity contribution in [2.75, 3.05) is 24.6 Å². The van der Waals surface area contributed by atoms with E-state index in [9.17, 15) is 14.4 Å². The van der Waals surface area contributed by atoms with Gasteiger partial charge in [-0.2, -0.15) is 0 Å². The van der Waals surface area contributed by atoms with Gasteiger partial charge in [-0.25, -0.2) is 19.7 Å². The first-order chi connectivity index (χ1) is 19.6. The molecular formula is C31H34N4O6. The second kappa shape index (κ2) is 12.0. The average Bonchev–Trinajstić information content (AvgIpc) is 2.94. The summed E-state index contributed by atoms with van der Waals surface area (Å²) in [6, 6.07) is 14.3. The van der Waals surface area contributed by atoms with Crippen LogP contribution in [0.15, 0.2) is 60.9 Å². The monoisotopic (exact) mass is 558 g/mol. The van der Waals surface area contributed by atoms with E-state index in [0.29, 0.717) is 42.9 Å². The number of rotatable bonds is 7. The summed E-state index contributed by atoms with van der Waals surface area (Å²) in [5, 5.41) is 0. The number of carbonyl (C=O) groups is 3. The van der Waals surface area contributed by atoms with Crippen molar-refractivity contribution in [3.63, 3.8) is 0 Å². The van der Waals surface area contributed by atoms with Gasteiger partial charge in [0.1, 0.15) is 11.5 Å². The van der Waals surface area contributed by atoms with Crippen LogP contribution in [0.2, 0.25) is 0 Å². The van der Waals surface area contributed by atoms with Gasteiger partial charge in [-0.15, -0.1) is 0 Å². The third-order valence-corrected chi connectivity index (χ3v) is 7.22. The van der Waals surface area contributed by atoms with Gasteiger partial charge in [0.15, 0.2) is 0 Å². The molecule has 0 spiro atoms. The summed E-state index contributed by atoms with van der Waals surface area (Å²) < 4.78 is 17.2. The van der Waals surface area contributed by atoms with Crippen molar-refractivity contribution in [2.24, 2.45) is 11.3 Å². The van der Waals surface area contributed by atoms with Crippen molar-refractivity contribution < 1.29 is 28.6 Å². The lowest BCUT2D eigenvalue weighted by molar-refractivity contribution is -0.132. The van der Waals surface area contributed by atoms with E-state index in [-0.39, 0.29) is 36.0 Å². The molecule has 1 aromatic carbocycles. The van der Waals surface area contributed by atoms with Gasteiger partial charge in [0.25, 0.3) is 0 Å². The molecule has 0 atom stereocenters. The Morgan fingerprint density at radius 1 is 0.878 bits per heavy atom. The Bertz CT molecular complexity index is 1360. The second-order valence-electron chi connectivity index (χ2n) is 11.4. The molecule has 2 aliphatic rings. The Morgan fingerprint density at radius 2 is 1.51 bits per heavy atom. The molecule has 3 aromatic rings. The molecule has 2 aromatic heterocycles. The van der Waals surface area contributed by atoms with Crippen LogP contribution in [-0.2, 0) is 9.59 Å². The highest BCUT2D eigenvalue weighted by molar-refractivity contribution is 6.16. The Labute approximate surface area is 239 Å². The third-order valence-electron chi connectivity index (χ3n) is 7.22. The minimum Gasteiger partial charge on any atom is -0.493 e. The number of amides is 3. The molecule has 5 rings (SSSR count). The fourth-order valence-electron chi connectivity index (χ4n) is 4.92. The van der Waals surface area contributed by atoms with Gasteiger partial charge in [-0.05, 0) is 67.0 Å². The van der Waals surface area contributed by atoms with Crippen LogP contribution in [0.25, 0.3) is 0 Å². The molecule has 0 aliphatic carbocycles. The molecule has 0 N–H and O–H groups in total. The number of anilines is 1. The number of hydrogen-bond acceptors (Lipinski definition) is 8. The van der Waals surface area contributed by atoms with Gasteiger partial charge in [0.2, 0.25) is 23.6 Å². The molecule has 0 saturated carbocycles. The maximum atomic E-state index is 12.7. The summed E-state index contributed by atoms with van der Waals surface area (Å²) in [5.74, 6) is 1.89. The van der Waals surface area contributed by atoms with Gasteiger partial charge in [-0.1, -0.05) is 19.9 Å². The smallest absolute Gasteiger partial charge is 0.416 e. The minimum absolute atomic E-state index is 0.118. The van der Waals surface area contributed by atoms with E-state index in [4.69, 9.17) is 14.2 Å². The Balaban J connectivity index is 1.05. The van der Waals surface area contributed by atoms with E-state index < -0.39 is 6.09 Å². The standard InChI is InChI=1S/C31H34N4O6/c1-21-4-10-26(32-18-21)40-25-8-6-24(7-9-25)39-20-22-12-14-34(15-13-22)30(38)41-27-11-5-23(19-33-27)35-28(36)16-31(2,3)17-29(35)37/h4-11,18-19,22H,12-17,20H2,1-3H3. The number of piperidine rings is 2. The molecule has 0 unspecified atom stereocenters. The summed E-state index contributed by atoms with van der Waals surface area (Å²) in [7, 11) is 0. The molecule has 4 heterocycles. The number of aryl methyl sites for hydroxylation is 1. The SMILES string of the molecule is Cc1ccc(Oc2ccc(OCC3CCN(C(=O)Oc4ccc(N5C(=O)CC(C)(C)CC5=O)cn4)CC3)cc2)nc1. The minimum atomic E-state index is -0.477. The quantitative estimate of drug-likeness (QED) is 0.347. The zero-order valence-corrected chi connectivity index (χ0v) is 23.5. The molecule has 214 valence electrons. The van der Waals surface area contributed by atoms with Crippen LogP contribution in [0.4, 0.5) is 10.5 Å². The van der Waals surface area contributed by atoms with Gasteiger partial charge >= 0.3 is 6.09 Å². The fourth-order valence-corrected chi connectivity index (χ4v) is 4.92. The Morgan fingerprint density at radius 3 is 2.12 bits per heavy atom. The molecule has 10 heteroatoms. The van der Waals surface area contributed by atoms with Crippen LogP contribution in [0, 0.1) is 18.3 Å². The van der Waals surface area contributed by atoms with E-state index in [2.05, 4.69) is 9.97 Å². The maximum Gasteiger partial charge on any atom is 0.416 e. The van der Waals surface area contributed by atoms with Gasteiger partial charge < -0.3 is 19.1 Å². The third kappa shape index (κ3) is 7.19. The number of imide groups is 1. The van der Waals surface area contributed by atoms with E-state index in [1.54, 1.807) is 17.2 Å². The van der Waals surface area contributed by atoms with Crippen LogP contribution in [-0.4, -0.2) is 52.5 Å². The fraction of sp³-hybridized carbons (Fsp3) is 0.387. The first-order valence-electron chi connectivity index (χ1n) is 13.8. The first-order valence-corrected chi connectivity index (χ1v) is 13.8. The van der Waals surface area contributed by atoms with Gasteiger partial charge in [0, 0.05) is 44.3 Å². The van der Waals surface area contributed by atoms with Crippen molar-refractivity contribution in [3.8, 4) is 23.3 Å². The van der Waals surface area contributed by atoms with E-state index in [1.807, 2.05) is 57.2 Å². The Kier molecular flexibility index (Phi) is 8.19. The van der Waals surface area contributed by atoms with Crippen molar-refractivity contribution in [2.45, 2.75) is 46.5 Å². The van der Waals surface area contributed by atoms with Crippen molar-refractivity contribution in [1.82, 2.24) is 14.9 Å². The summed E-state index contributed by atoms with van der Waals surface area (Å²) >= 11 is 0. The largest absolute Gasteiger partial charge is 0.493 e. The molecule has 10 nitrogen and oxygen atoms in total. The zero-order valence-electron chi connectivity index (χ0n) is 23.5. The predicted octanol–water partition coefficient (Wildman–Crippen LogP) is 5.55. The second-order valence-corrected chi connectivity index (χ2v) is 11.4. The predicted molar refractivity (Wildman–Crippen MR) is 151 cm³/mol. The number of likely N-dealkylation sites (tertiary alicyclic amines) is 1. The molecule has 0 radical (unpaired) electrons. The number of carbonyl (C=O) groups excluding carboxylic acids is 3. The number of aromatic nitrogens is 2. The van der Waals surface area contributed by atoms with Crippen LogP contribution in [0.5, 0.6) is 23.3 Å². The highest BCUT2D eigenvalue weighted by Crippen LogP contribution is 2.34. The molecular weight excluding hydrogens is 524 g/mol. The maximum absolute atomic E-state index is 12.7. The number of nitrogens with zero attached hydrogens (tertiary/aromatic N) is 4. The molecule has 2 saturated heterocycles. The molecule has 2 fully saturated rings. The number of benzene rings is 1. The van der Waals surface area contributed by atoms with Gasteiger partial charge in [-0.3, -0.25) is 9.59 Å². The van der Waals surface area contributed by atoms with E-state index in [0.717, 1.165) is 29.1 Å². The lowest BCUT2D eigenvalue weighted by Gasteiger charge is -2.34. The van der Waals surface area contributed by atoms with E-state index in [1.165, 1.54) is 12.3 Å². The Hall–Kier alpha value is -4.47. The van der Waals surface area contributed by atoms with Crippen LogP contribution in [0.3, 0.4) is 0 Å². The average molecular weight is 559 g/mol. The first kappa shape index (κ1) is 28.1.